The van der Waals surface area contributed by atoms with E-state index in [1.165, 1.54) is 38.0 Å². The Hall–Kier alpha value is -1.40. The van der Waals surface area contributed by atoms with Crippen LogP contribution in [-0.2, 0) is 11.3 Å². The SMILES string of the molecule is O=C(CN1Cc2ccnn2[C@@H](CN2CCCCC2)C1)N1CCCC1. The summed E-state index contributed by atoms with van der Waals surface area (Å²) in [6.45, 7) is 7.70. The Morgan fingerprint density at radius 2 is 1.79 bits per heavy atom. The Bertz CT molecular complexity index is 560. The predicted molar refractivity (Wildman–Crippen MR) is 92.6 cm³/mol. The molecule has 0 aliphatic carbocycles. The molecule has 6 heteroatoms. The molecule has 132 valence electrons. The Balaban J connectivity index is 1.41. The molecule has 4 rings (SSSR count). The topological polar surface area (TPSA) is 44.6 Å². The van der Waals surface area contributed by atoms with Gasteiger partial charge < -0.3 is 9.80 Å². The van der Waals surface area contributed by atoms with Crippen LogP contribution >= 0.6 is 0 Å². The molecule has 0 radical (unpaired) electrons. The molecule has 2 fully saturated rings. The van der Waals surface area contributed by atoms with E-state index in [1.807, 2.05) is 11.1 Å². The number of nitrogens with zero attached hydrogens (tertiary/aromatic N) is 5. The van der Waals surface area contributed by atoms with Crippen molar-refractivity contribution in [2.24, 2.45) is 0 Å². The predicted octanol–water partition coefficient (Wildman–Crippen LogP) is 1.35. The molecule has 1 aromatic heterocycles. The van der Waals surface area contributed by atoms with E-state index in [0.717, 1.165) is 45.6 Å². The van der Waals surface area contributed by atoms with E-state index >= 15 is 0 Å². The Morgan fingerprint density at radius 3 is 2.58 bits per heavy atom. The van der Waals surface area contributed by atoms with Gasteiger partial charge in [-0.3, -0.25) is 14.4 Å². The van der Waals surface area contributed by atoms with E-state index in [2.05, 4.69) is 25.6 Å². The summed E-state index contributed by atoms with van der Waals surface area (Å²) in [5.74, 6) is 0.303. The van der Waals surface area contributed by atoms with Gasteiger partial charge in [0.05, 0.1) is 18.3 Å². The molecular formula is C18H29N5O. The molecule has 0 N–H and O–H groups in total. The van der Waals surface area contributed by atoms with Crippen LogP contribution in [0.4, 0.5) is 0 Å². The van der Waals surface area contributed by atoms with Crippen LogP contribution in [-0.4, -0.2) is 76.2 Å². The first kappa shape index (κ1) is 16.1. The van der Waals surface area contributed by atoms with Crippen molar-refractivity contribution in [3.63, 3.8) is 0 Å². The molecule has 1 aromatic rings. The van der Waals surface area contributed by atoms with Gasteiger partial charge >= 0.3 is 0 Å². The standard InChI is InChI=1S/C18H29N5O/c24-18(22-10-4-5-11-22)15-21-12-16-6-7-19-23(16)17(14-21)13-20-8-2-1-3-9-20/h6-7,17H,1-5,8-15H2/t17-/m0/s1. The number of carbonyl (C=O) groups is 1. The van der Waals surface area contributed by atoms with Crippen LogP contribution in [0.5, 0.6) is 0 Å². The zero-order valence-electron chi connectivity index (χ0n) is 14.6. The summed E-state index contributed by atoms with van der Waals surface area (Å²) in [5.41, 5.74) is 1.25. The van der Waals surface area contributed by atoms with E-state index in [0.29, 0.717) is 18.5 Å². The van der Waals surface area contributed by atoms with Crippen molar-refractivity contribution < 1.29 is 4.79 Å². The van der Waals surface area contributed by atoms with Crippen LogP contribution in [0.1, 0.15) is 43.8 Å². The minimum atomic E-state index is 0.303. The number of likely N-dealkylation sites (tertiary alicyclic amines) is 2. The number of hydrogen-bond donors (Lipinski definition) is 0. The number of amides is 1. The summed E-state index contributed by atoms with van der Waals surface area (Å²) in [5, 5.41) is 4.56. The Morgan fingerprint density at radius 1 is 1.04 bits per heavy atom. The highest BCUT2D eigenvalue weighted by Gasteiger charge is 2.30. The Kier molecular flexibility index (Phi) is 4.85. The van der Waals surface area contributed by atoms with Gasteiger partial charge in [0.15, 0.2) is 0 Å². The summed E-state index contributed by atoms with van der Waals surface area (Å²) >= 11 is 0. The molecule has 3 aliphatic rings. The van der Waals surface area contributed by atoms with Gasteiger partial charge in [0.2, 0.25) is 5.91 Å². The second-order valence-electron chi connectivity index (χ2n) is 7.54. The van der Waals surface area contributed by atoms with Gasteiger partial charge in [-0.2, -0.15) is 5.10 Å². The second-order valence-corrected chi connectivity index (χ2v) is 7.54. The number of rotatable bonds is 4. The maximum atomic E-state index is 12.5. The van der Waals surface area contributed by atoms with Gasteiger partial charge in [0.1, 0.15) is 0 Å². The molecule has 3 aliphatic heterocycles. The minimum Gasteiger partial charge on any atom is -0.342 e. The lowest BCUT2D eigenvalue weighted by atomic mass is 10.1. The van der Waals surface area contributed by atoms with Crippen molar-refractivity contribution in [1.29, 1.82) is 0 Å². The summed E-state index contributed by atoms with van der Waals surface area (Å²) in [7, 11) is 0. The van der Waals surface area contributed by atoms with Crippen LogP contribution in [0.15, 0.2) is 12.3 Å². The van der Waals surface area contributed by atoms with E-state index in [4.69, 9.17) is 0 Å². The number of fused-ring (bicyclic) bond motifs is 1. The molecule has 0 bridgehead atoms. The molecule has 1 atom stereocenters. The van der Waals surface area contributed by atoms with Crippen molar-refractivity contribution in [3.8, 4) is 0 Å². The third-order valence-electron chi connectivity index (χ3n) is 5.69. The average Bonchev–Trinajstić information content (AvgIpc) is 3.27. The van der Waals surface area contributed by atoms with Crippen LogP contribution in [0.2, 0.25) is 0 Å². The normalized spacial score (nSPS) is 25.8. The lowest BCUT2D eigenvalue weighted by Crippen LogP contribution is -2.47. The fourth-order valence-electron chi connectivity index (χ4n) is 4.42. The lowest BCUT2D eigenvalue weighted by molar-refractivity contribution is -0.131. The number of aromatic nitrogens is 2. The van der Waals surface area contributed by atoms with Crippen molar-refractivity contribution in [2.45, 2.75) is 44.7 Å². The molecule has 24 heavy (non-hydrogen) atoms. The van der Waals surface area contributed by atoms with Crippen LogP contribution in [0.3, 0.4) is 0 Å². The number of hydrogen-bond acceptors (Lipinski definition) is 4. The fourth-order valence-corrected chi connectivity index (χ4v) is 4.42. The molecular weight excluding hydrogens is 302 g/mol. The zero-order chi connectivity index (χ0) is 16.4. The van der Waals surface area contributed by atoms with E-state index < -0.39 is 0 Å². The third-order valence-corrected chi connectivity index (χ3v) is 5.69. The van der Waals surface area contributed by atoms with Gasteiger partial charge in [-0.25, -0.2) is 0 Å². The van der Waals surface area contributed by atoms with Crippen molar-refractivity contribution in [1.82, 2.24) is 24.5 Å². The zero-order valence-corrected chi connectivity index (χ0v) is 14.6. The largest absolute Gasteiger partial charge is 0.342 e. The third kappa shape index (κ3) is 3.49. The van der Waals surface area contributed by atoms with Crippen LogP contribution in [0.25, 0.3) is 0 Å². The first-order valence-corrected chi connectivity index (χ1v) is 9.54. The smallest absolute Gasteiger partial charge is 0.236 e. The summed E-state index contributed by atoms with van der Waals surface area (Å²) in [6.07, 6.45) is 8.23. The first-order chi connectivity index (χ1) is 11.8. The van der Waals surface area contributed by atoms with Gasteiger partial charge in [0, 0.05) is 38.9 Å². The summed E-state index contributed by atoms with van der Waals surface area (Å²) < 4.78 is 2.20. The maximum absolute atomic E-state index is 12.5. The van der Waals surface area contributed by atoms with Gasteiger partial charge in [0.25, 0.3) is 0 Å². The quantitative estimate of drug-likeness (QED) is 0.835. The highest BCUT2D eigenvalue weighted by atomic mass is 16.2. The highest BCUT2D eigenvalue weighted by Crippen LogP contribution is 2.23. The molecule has 4 heterocycles. The average molecular weight is 331 g/mol. The molecule has 0 saturated carbocycles. The van der Waals surface area contributed by atoms with Crippen LogP contribution in [0, 0.1) is 0 Å². The van der Waals surface area contributed by atoms with Crippen molar-refractivity contribution >= 4 is 5.91 Å². The molecule has 0 aromatic carbocycles. The van der Waals surface area contributed by atoms with Crippen LogP contribution < -0.4 is 0 Å². The van der Waals surface area contributed by atoms with Crippen molar-refractivity contribution in [3.05, 3.63) is 18.0 Å². The molecule has 0 spiro atoms. The van der Waals surface area contributed by atoms with E-state index in [1.54, 1.807) is 0 Å². The fraction of sp³-hybridized carbons (Fsp3) is 0.778. The van der Waals surface area contributed by atoms with E-state index in [9.17, 15) is 4.79 Å². The molecule has 2 saturated heterocycles. The lowest BCUT2D eigenvalue weighted by Gasteiger charge is -2.37. The van der Waals surface area contributed by atoms with E-state index in [-0.39, 0.29) is 0 Å². The van der Waals surface area contributed by atoms with Gasteiger partial charge in [-0.1, -0.05) is 6.42 Å². The molecule has 0 unspecified atom stereocenters. The maximum Gasteiger partial charge on any atom is 0.236 e. The first-order valence-electron chi connectivity index (χ1n) is 9.54. The second kappa shape index (κ2) is 7.23. The summed E-state index contributed by atoms with van der Waals surface area (Å²) in [6, 6.07) is 2.48. The minimum absolute atomic E-state index is 0.303. The highest BCUT2D eigenvalue weighted by molar-refractivity contribution is 5.78. The molecule has 6 nitrogen and oxygen atoms in total. The summed E-state index contributed by atoms with van der Waals surface area (Å²) in [4.78, 5) is 19.4. The Labute approximate surface area is 144 Å². The van der Waals surface area contributed by atoms with Gasteiger partial charge in [-0.05, 0) is 44.8 Å². The number of piperidine rings is 1. The van der Waals surface area contributed by atoms with Gasteiger partial charge in [-0.15, -0.1) is 0 Å². The monoisotopic (exact) mass is 331 g/mol. The molecule has 1 amide bonds. The number of carbonyl (C=O) groups excluding carboxylic acids is 1. The van der Waals surface area contributed by atoms with Crippen molar-refractivity contribution in [2.75, 3.05) is 45.8 Å².